The third-order valence-electron chi connectivity index (χ3n) is 5.75. The predicted octanol–water partition coefficient (Wildman–Crippen LogP) is 2.34. The van der Waals surface area contributed by atoms with Gasteiger partial charge in [0.15, 0.2) is 0 Å². The summed E-state index contributed by atoms with van der Waals surface area (Å²) in [6.45, 7) is 4.11. The van der Waals surface area contributed by atoms with Gasteiger partial charge in [-0.2, -0.15) is 0 Å². The maximum atomic E-state index is 12.9. The van der Waals surface area contributed by atoms with Crippen LogP contribution in [-0.2, 0) is 22.4 Å². The molecule has 1 aliphatic carbocycles. The van der Waals surface area contributed by atoms with Crippen LogP contribution in [0.2, 0.25) is 0 Å². The van der Waals surface area contributed by atoms with Gasteiger partial charge in [-0.05, 0) is 55.0 Å². The molecule has 136 valence electrons. The van der Waals surface area contributed by atoms with Gasteiger partial charge in [-0.3, -0.25) is 9.59 Å². The molecular weight excluding hydrogens is 336 g/mol. The highest BCUT2D eigenvalue weighted by atomic mass is 32.1. The number of rotatable bonds is 2. The number of carbonyl (C=O) groups is 2. The predicted molar refractivity (Wildman–Crippen MR) is 97.0 cm³/mol. The zero-order valence-corrected chi connectivity index (χ0v) is 15.5. The SMILES string of the molecule is O=C(c1scc2c1CCCC2)N1CCC(C(=O)N2CCOCC2)CC1. The molecule has 0 spiro atoms. The van der Waals surface area contributed by atoms with E-state index >= 15 is 0 Å². The fourth-order valence-electron chi connectivity index (χ4n) is 4.21. The minimum atomic E-state index is 0.0689. The number of amides is 2. The Morgan fingerprint density at radius 1 is 1.00 bits per heavy atom. The number of carbonyl (C=O) groups excluding carboxylic acids is 2. The molecule has 0 aromatic carbocycles. The lowest BCUT2D eigenvalue weighted by molar-refractivity contribution is -0.141. The Bertz CT molecular complexity index is 643. The number of fused-ring (bicyclic) bond motifs is 1. The average molecular weight is 362 g/mol. The molecule has 0 saturated carbocycles. The van der Waals surface area contributed by atoms with E-state index in [1.54, 1.807) is 11.3 Å². The zero-order valence-electron chi connectivity index (χ0n) is 14.7. The van der Waals surface area contributed by atoms with Gasteiger partial charge in [0.2, 0.25) is 5.91 Å². The van der Waals surface area contributed by atoms with Crippen molar-refractivity contribution in [1.29, 1.82) is 0 Å². The molecule has 2 amide bonds. The first-order valence-electron chi connectivity index (χ1n) is 9.49. The lowest BCUT2D eigenvalue weighted by Gasteiger charge is -2.35. The van der Waals surface area contributed by atoms with E-state index < -0.39 is 0 Å². The van der Waals surface area contributed by atoms with Gasteiger partial charge < -0.3 is 14.5 Å². The summed E-state index contributed by atoms with van der Waals surface area (Å²) in [7, 11) is 0. The molecule has 3 aliphatic rings. The van der Waals surface area contributed by atoms with Crippen LogP contribution in [0.1, 0.15) is 46.5 Å². The van der Waals surface area contributed by atoms with E-state index in [4.69, 9.17) is 4.74 Å². The maximum absolute atomic E-state index is 12.9. The number of piperidine rings is 1. The van der Waals surface area contributed by atoms with Crippen molar-refractivity contribution >= 4 is 23.2 Å². The Labute approximate surface area is 152 Å². The number of nitrogens with zero attached hydrogens (tertiary/aromatic N) is 2. The summed E-state index contributed by atoms with van der Waals surface area (Å²) in [6, 6.07) is 0. The Morgan fingerprint density at radius 2 is 1.72 bits per heavy atom. The van der Waals surface area contributed by atoms with Gasteiger partial charge in [0.1, 0.15) is 0 Å². The summed E-state index contributed by atoms with van der Waals surface area (Å²) in [5.41, 5.74) is 2.68. The third kappa shape index (κ3) is 3.47. The molecule has 6 heteroatoms. The Kier molecular flexibility index (Phi) is 5.08. The molecule has 2 saturated heterocycles. The minimum absolute atomic E-state index is 0.0689. The van der Waals surface area contributed by atoms with E-state index in [-0.39, 0.29) is 17.7 Å². The molecule has 0 atom stereocenters. The first kappa shape index (κ1) is 17.0. The maximum Gasteiger partial charge on any atom is 0.264 e. The first-order chi connectivity index (χ1) is 12.2. The fraction of sp³-hybridized carbons (Fsp3) is 0.684. The highest BCUT2D eigenvalue weighted by Crippen LogP contribution is 2.32. The highest BCUT2D eigenvalue weighted by molar-refractivity contribution is 7.12. The van der Waals surface area contributed by atoms with Crippen molar-refractivity contribution in [3.8, 4) is 0 Å². The zero-order chi connectivity index (χ0) is 17.2. The largest absolute Gasteiger partial charge is 0.378 e. The molecule has 0 unspecified atom stereocenters. The smallest absolute Gasteiger partial charge is 0.264 e. The van der Waals surface area contributed by atoms with Crippen LogP contribution in [0.4, 0.5) is 0 Å². The van der Waals surface area contributed by atoms with Gasteiger partial charge in [-0.1, -0.05) is 0 Å². The summed E-state index contributed by atoms with van der Waals surface area (Å²) in [5.74, 6) is 0.508. The number of hydrogen-bond acceptors (Lipinski definition) is 4. The number of likely N-dealkylation sites (tertiary alicyclic amines) is 1. The number of ether oxygens (including phenoxy) is 1. The Hall–Kier alpha value is -1.40. The second kappa shape index (κ2) is 7.46. The molecule has 2 aliphatic heterocycles. The molecule has 0 radical (unpaired) electrons. The van der Waals surface area contributed by atoms with Crippen molar-refractivity contribution in [1.82, 2.24) is 9.80 Å². The van der Waals surface area contributed by atoms with Crippen molar-refractivity contribution < 1.29 is 14.3 Å². The number of thiophene rings is 1. The van der Waals surface area contributed by atoms with E-state index in [0.29, 0.717) is 39.4 Å². The van der Waals surface area contributed by atoms with E-state index in [2.05, 4.69) is 5.38 Å². The third-order valence-corrected chi connectivity index (χ3v) is 6.81. The van der Waals surface area contributed by atoms with E-state index in [1.165, 1.54) is 24.0 Å². The molecule has 0 N–H and O–H groups in total. The van der Waals surface area contributed by atoms with Gasteiger partial charge in [-0.15, -0.1) is 11.3 Å². The van der Waals surface area contributed by atoms with Gasteiger partial charge in [0, 0.05) is 32.1 Å². The van der Waals surface area contributed by atoms with Crippen LogP contribution in [0, 0.1) is 5.92 Å². The van der Waals surface area contributed by atoms with Crippen molar-refractivity contribution in [3.63, 3.8) is 0 Å². The van der Waals surface area contributed by atoms with Crippen molar-refractivity contribution in [2.75, 3.05) is 39.4 Å². The second-order valence-electron chi connectivity index (χ2n) is 7.28. The second-order valence-corrected chi connectivity index (χ2v) is 8.16. The van der Waals surface area contributed by atoms with E-state index in [1.807, 2.05) is 9.80 Å². The van der Waals surface area contributed by atoms with Crippen molar-refractivity contribution in [2.24, 2.45) is 5.92 Å². The topological polar surface area (TPSA) is 49.9 Å². The monoisotopic (exact) mass is 362 g/mol. The standard InChI is InChI=1S/C19H26N2O3S/c22-18(21-9-11-24-12-10-21)14-5-7-20(8-6-14)19(23)17-16-4-2-1-3-15(16)13-25-17/h13-14H,1-12H2. The van der Waals surface area contributed by atoms with Crippen molar-refractivity contribution in [3.05, 3.63) is 21.4 Å². The molecule has 25 heavy (non-hydrogen) atoms. The number of aryl methyl sites for hydroxylation is 1. The van der Waals surface area contributed by atoms with Crippen LogP contribution in [0.3, 0.4) is 0 Å². The Balaban J connectivity index is 1.36. The molecule has 2 fully saturated rings. The first-order valence-corrected chi connectivity index (χ1v) is 10.4. The molecule has 5 nitrogen and oxygen atoms in total. The summed E-state index contributed by atoms with van der Waals surface area (Å²) < 4.78 is 5.33. The normalized spacial score (nSPS) is 21.9. The van der Waals surface area contributed by atoms with E-state index in [0.717, 1.165) is 30.6 Å². The van der Waals surface area contributed by atoms with Gasteiger partial charge >= 0.3 is 0 Å². The Morgan fingerprint density at radius 3 is 2.48 bits per heavy atom. The fourth-order valence-corrected chi connectivity index (χ4v) is 5.34. The lowest BCUT2D eigenvalue weighted by Crippen LogP contribution is -2.47. The van der Waals surface area contributed by atoms with Gasteiger partial charge in [0.05, 0.1) is 18.1 Å². The van der Waals surface area contributed by atoms with Crippen LogP contribution < -0.4 is 0 Å². The summed E-state index contributed by atoms with van der Waals surface area (Å²) in [4.78, 5) is 30.4. The van der Waals surface area contributed by atoms with Gasteiger partial charge in [0.25, 0.3) is 5.91 Å². The number of hydrogen-bond donors (Lipinski definition) is 0. The lowest BCUT2D eigenvalue weighted by atomic mass is 9.92. The summed E-state index contributed by atoms with van der Waals surface area (Å²) in [6.07, 6.45) is 6.18. The quantitative estimate of drug-likeness (QED) is 0.811. The molecule has 3 heterocycles. The summed E-state index contributed by atoms with van der Waals surface area (Å²) in [5, 5.41) is 2.18. The van der Waals surface area contributed by atoms with Crippen LogP contribution in [0.15, 0.2) is 5.38 Å². The van der Waals surface area contributed by atoms with Crippen LogP contribution in [0.5, 0.6) is 0 Å². The summed E-state index contributed by atoms with van der Waals surface area (Å²) >= 11 is 1.62. The van der Waals surface area contributed by atoms with Crippen molar-refractivity contribution in [2.45, 2.75) is 38.5 Å². The molecule has 0 bridgehead atoms. The van der Waals surface area contributed by atoms with E-state index in [9.17, 15) is 9.59 Å². The molecular formula is C19H26N2O3S. The van der Waals surface area contributed by atoms with Gasteiger partial charge in [-0.25, -0.2) is 0 Å². The van der Waals surface area contributed by atoms with Crippen LogP contribution in [-0.4, -0.2) is 61.0 Å². The van der Waals surface area contributed by atoms with Crippen LogP contribution in [0.25, 0.3) is 0 Å². The minimum Gasteiger partial charge on any atom is -0.378 e. The molecule has 1 aromatic rings. The number of morpholine rings is 1. The molecule has 1 aromatic heterocycles. The van der Waals surface area contributed by atoms with Crippen LogP contribution >= 0.6 is 11.3 Å². The highest BCUT2D eigenvalue weighted by Gasteiger charge is 2.32. The molecule has 4 rings (SSSR count). The average Bonchev–Trinajstić information content (AvgIpc) is 3.12.